The van der Waals surface area contributed by atoms with Crippen LogP contribution in [0.3, 0.4) is 0 Å². The van der Waals surface area contributed by atoms with E-state index in [1.807, 2.05) is 0 Å². The van der Waals surface area contributed by atoms with Crippen LogP contribution in [0.25, 0.3) is 0 Å². The Morgan fingerprint density at radius 3 is 1.94 bits per heavy atom. The molecular formula is C25H35F4N3O3. The molecule has 196 valence electrons. The molecule has 2 fully saturated rings. The monoisotopic (exact) mass is 501 g/mol. The molecule has 0 aliphatic carbocycles. The average molecular weight is 502 g/mol. The van der Waals surface area contributed by atoms with Gasteiger partial charge in [0.2, 0.25) is 5.60 Å². The van der Waals surface area contributed by atoms with Crippen molar-refractivity contribution >= 4 is 17.5 Å². The topological polar surface area (TPSA) is 64.1 Å². The Kier molecular flexibility index (Phi) is 8.03. The van der Waals surface area contributed by atoms with Gasteiger partial charge in [-0.3, -0.25) is 9.59 Å². The van der Waals surface area contributed by atoms with Crippen molar-refractivity contribution in [3.8, 4) is 0 Å². The molecule has 1 N–H and O–H groups in total. The molecule has 1 aromatic carbocycles. The number of likely N-dealkylation sites (tertiary alicyclic amines) is 1. The maximum atomic E-state index is 14.5. The van der Waals surface area contributed by atoms with Gasteiger partial charge in [0.1, 0.15) is 5.82 Å². The first-order valence-electron chi connectivity index (χ1n) is 12.1. The summed E-state index contributed by atoms with van der Waals surface area (Å²) in [7, 11) is 3.14. The maximum absolute atomic E-state index is 14.5. The summed E-state index contributed by atoms with van der Waals surface area (Å²) in [6, 6.07) is 4.64. The summed E-state index contributed by atoms with van der Waals surface area (Å²) >= 11 is 0. The van der Waals surface area contributed by atoms with Gasteiger partial charge in [-0.25, -0.2) is 4.39 Å². The summed E-state index contributed by atoms with van der Waals surface area (Å²) in [4.78, 5) is 29.2. The van der Waals surface area contributed by atoms with Crippen LogP contribution in [0.5, 0.6) is 0 Å². The fraction of sp³-hybridized carbons (Fsp3) is 0.680. The van der Waals surface area contributed by atoms with Crippen molar-refractivity contribution < 1.29 is 32.3 Å². The Balaban J connectivity index is 1.55. The molecule has 1 aromatic rings. The number of amides is 2. The number of hydrogen-bond acceptors (Lipinski definition) is 4. The molecule has 0 bridgehead atoms. The predicted octanol–water partition coefficient (Wildman–Crippen LogP) is 3.93. The molecule has 6 nitrogen and oxygen atoms in total. The smallest absolute Gasteiger partial charge is 0.372 e. The first-order chi connectivity index (χ1) is 16.3. The quantitative estimate of drug-likeness (QED) is 0.621. The van der Waals surface area contributed by atoms with Crippen LogP contribution in [0.4, 0.5) is 23.2 Å². The van der Waals surface area contributed by atoms with Crippen LogP contribution in [0.1, 0.15) is 49.9 Å². The van der Waals surface area contributed by atoms with Crippen LogP contribution >= 0.6 is 0 Å². The minimum Gasteiger partial charge on any atom is -0.372 e. The molecule has 35 heavy (non-hydrogen) atoms. The third kappa shape index (κ3) is 5.42. The molecule has 1 unspecified atom stereocenters. The van der Waals surface area contributed by atoms with Crippen LogP contribution in [-0.4, -0.2) is 78.8 Å². The molecule has 3 rings (SSSR count). The van der Waals surface area contributed by atoms with Crippen LogP contribution in [0.15, 0.2) is 18.2 Å². The highest BCUT2D eigenvalue weighted by Crippen LogP contribution is 2.40. The van der Waals surface area contributed by atoms with Gasteiger partial charge >= 0.3 is 6.18 Å². The van der Waals surface area contributed by atoms with Gasteiger partial charge in [-0.1, -0.05) is 13.8 Å². The fourth-order valence-corrected chi connectivity index (χ4v) is 5.25. The largest absolute Gasteiger partial charge is 0.426 e. The number of carbonyl (C=O) groups excluding carboxylic acids is 2. The molecule has 2 amide bonds. The fourth-order valence-electron chi connectivity index (χ4n) is 5.25. The molecule has 2 aliphatic rings. The Hall–Kier alpha value is -2.36. The standard InChI is InChI=1S/C25H35F4N3O3/c1-16(2)24(35,25(27,28)29)23(34)32-13-9-18(10-14-32)17-7-11-31(12-8-17)19-5-6-20(21(26)15-19)22(33)30(3)4/h5-6,15-18,35H,7-14H2,1-4H3. The van der Waals surface area contributed by atoms with E-state index in [9.17, 15) is 32.3 Å². The third-order valence-corrected chi connectivity index (χ3v) is 7.58. The van der Waals surface area contributed by atoms with E-state index in [0.29, 0.717) is 31.8 Å². The van der Waals surface area contributed by atoms with Gasteiger partial charge < -0.3 is 19.8 Å². The lowest BCUT2D eigenvalue weighted by atomic mass is 9.78. The Morgan fingerprint density at radius 2 is 1.51 bits per heavy atom. The lowest BCUT2D eigenvalue weighted by Gasteiger charge is -2.43. The highest BCUT2D eigenvalue weighted by Gasteiger charge is 2.62. The molecule has 1 atom stereocenters. The second-order valence-electron chi connectivity index (χ2n) is 10.2. The van der Waals surface area contributed by atoms with Crippen molar-refractivity contribution in [3.63, 3.8) is 0 Å². The SMILES string of the molecule is CC(C)C(O)(C(=O)N1CCC(C2CCN(c3ccc(C(=O)N(C)C)c(F)c3)CC2)CC1)C(F)(F)F. The number of benzene rings is 1. The summed E-state index contributed by atoms with van der Waals surface area (Å²) in [5, 5.41) is 10.2. The summed E-state index contributed by atoms with van der Waals surface area (Å²) in [6.07, 6.45) is -2.12. The molecule has 0 radical (unpaired) electrons. The van der Waals surface area contributed by atoms with Gasteiger partial charge in [0.05, 0.1) is 5.56 Å². The second kappa shape index (κ2) is 10.3. The summed E-state index contributed by atoms with van der Waals surface area (Å²) in [5.41, 5.74) is -2.62. The van der Waals surface area contributed by atoms with Gasteiger partial charge in [-0.15, -0.1) is 0 Å². The minimum atomic E-state index is -5.03. The normalized spacial score (nSPS) is 20.2. The number of piperidine rings is 2. The molecule has 0 saturated carbocycles. The van der Waals surface area contributed by atoms with Gasteiger partial charge in [0, 0.05) is 51.9 Å². The molecule has 2 saturated heterocycles. The molecular weight excluding hydrogens is 466 g/mol. The first kappa shape index (κ1) is 27.2. The van der Waals surface area contributed by atoms with Crippen LogP contribution in [0, 0.1) is 23.6 Å². The number of alkyl halides is 3. The number of carbonyl (C=O) groups is 2. The number of nitrogens with zero attached hydrogens (tertiary/aromatic N) is 3. The number of rotatable bonds is 5. The number of anilines is 1. The zero-order chi connectivity index (χ0) is 26.1. The molecule has 0 aromatic heterocycles. The van der Waals surface area contributed by atoms with Crippen molar-refractivity contribution in [1.82, 2.24) is 9.80 Å². The Morgan fingerprint density at radius 1 is 1.00 bits per heavy atom. The third-order valence-electron chi connectivity index (χ3n) is 7.58. The zero-order valence-electron chi connectivity index (χ0n) is 20.7. The van der Waals surface area contributed by atoms with E-state index >= 15 is 0 Å². The molecule has 2 aliphatic heterocycles. The summed E-state index contributed by atoms with van der Waals surface area (Å²) < 4.78 is 54.9. The van der Waals surface area contributed by atoms with E-state index in [-0.39, 0.29) is 30.5 Å². The lowest BCUT2D eigenvalue weighted by Crippen LogP contribution is -2.62. The van der Waals surface area contributed by atoms with Gasteiger partial charge in [-0.05, 0) is 55.7 Å². The summed E-state index contributed by atoms with van der Waals surface area (Å²) in [5.74, 6) is -2.82. The van der Waals surface area contributed by atoms with E-state index < -0.39 is 29.4 Å². The lowest BCUT2D eigenvalue weighted by molar-refractivity contribution is -0.270. The zero-order valence-corrected chi connectivity index (χ0v) is 20.7. The minimum absolute atomic E-state index is 0.0323. The second-order valence-corrected chi connectivity index (χ2v) is 10.2. The van der Waals surface area contributed by atoms with Crippen molar-refractivity contribution in [1.29, 1.82) is 0 Å². The maximum Gasteiger partial charge on any atom is 0.426 e. The molecule has 10 heteroatoms. The Bertz CT molecular complexity index is 921. The number of hydrogen-bond donors (Lipinski definition) is 1. The van der Waals surface area contributed by atoms with Crippen molar-refractivity contribution in [3.05, 3.63) is 29.6 Å². The van der Waals surface area contributed by atoms with Crippen molar-refractivity contribution in [2.75, 3.05) is 45.2 Å². The van der Waals surface area contributed by atoms with E-state index in [1.165, 1.54) is 30.9 Å². The van der Waals surface area contributed by atoms with E-state index in [2.05, 4.69) is 4.90 Å². The van der Waals surface area contributed by atoms with E-state index in [0.717, 1.165) is 23.4 Å². The summed E-state index contributed by atoms with van der Waals surface area (Å²) in [6.45, 7) is 4.22. The average Bonchev–Trinajstić information content (AvgIpc) is 2.81. The highest BCUT2D eigenvalue weighted by atomic mass is 19.4. The predicted molar refractivity (Wildman–Crippen MR) is 125 cm³/mol. The molecule has 0 spiro atoms. The van der Waals surface area contributed by atoms with Gasteiger partial charge in [0.15, 0.2) is 0 Å². The van der Waals surface area contributed by atoms with Crippen molar-refractivity contribution in [2.24, 2.45) is 17.8 Å². The van der Waals surface area contributed by atoms with E-state index in [1.54, 1.807) is 20.2 Å². The van der Waals surface area contributed by atoms with Gasteiger partial charge in [0.25, 0.3) is 11.8 Å². The first-order valence-corrected chi connectivity index (χ1v) is 12.1. The van der Waals surface area contributed by atoms with E-state index in [4.69, 9.17) is 0 Å². The van der Waals surface area contributed by atoms with Gasteiger partial charge in [-0.2, -0.15) is 13.2 Å². The van der Waals surface area contributed by atoms with Crippen LogP contribution in [0.2, 0.25) is 0 Å². The number of aliphatic hydroxyl groups is 1. The van der Waals surface area contributed by atoms with Crippen molar-refractivity contribution in [2.45, 2.75) is 51.3 Å². The Labute approximate surface area is 203 Å². The number of halogens is 4. The molecule has 2 heterocycles. The van der Waals surface area contributed by atoms with Crippen LogP contribution < -0.4 is 4.90 Å². The van der Waals surface area contributed by atoms with Crippen LogP contribution in [-0.2, 0) is 4.79 Å². The highest BCUT2D eigenvalue weighted by molar-refractivity contribution is 5.94.